The van der Waals surface area contributed by atoms with Crippen molar-refractivity contribution in [2.45, 2.75) is 18.6 Å². The number of ether oxygens (including phenoxy) is 2. The van der Waals surface area contributed by atoms with E-state index in [1.54, 1.807) is 19.2 Å². The Balaban J connectivity index is 1.94. The average Bonchev–Trinajstić information content (AvgIpc) is 2.48. The SMILES string of the molecule is COc1ccc(C2Oc3cc(O)cc(O)c3CC2O)cc1. The predicted molar refractivity (Wildman–Crippen MR) is 75.8 cm³/mol. The van der Waals surface area contributed by atoms with Gasteiger partial charge < -0.3 is 24.8 Å². The van der Waals surface area contributed by atoms with Crippen molar-refractivity contribution in [1.29, 1.82) is 0 Å². The normalized spacial score (nSPS) is 20.5. The van der Waals surface area contributed by atoms with Crippen LogP contribution in [0.5, 0.6) is 23.0 Å². The third kappa shape index (κ3) is 2.48. The molecule has 3 rings (SSSR count). The topological polar surface area (TPSA) is 79.2 Å². The summed E-state index contributed by atoms with van der Waals surface area (Å²) in [5.74, 6) is 0.965. The van der Waals surface area contributed by atoms with Crippen LogP contribution in [0.25, 0.3) is 0 Å². The van der Waals surface area contributed by atoms with E-state index in [1.807, 2.05) is 12.1 Å². The molecular formula is C16H16O5. The fourth-order valence-corrected chi connectivity index (χ4v) is 2.54. The Morgan fingerprint density at radius 3 is 2.52 bits per heavy atom. The minimum Gasteiger partial charge on any atom is -0.508 e. The largest absolute Gasteiger partial charge is 0.508 e. The highest BCUT2D eigenvalue weighted by Gasteiger charge is 2.31. The Hall–Kier alpha value is -2.40. The summed E-state index contributed by atoms with van der Waals surface area (Å²) in [5.41, 5.74) is 1.31. The van der Waals surface area contributed by atoms with Crippen molar-refractivity contribution in [2.75, 3.05) is 7.11 Å². The molecule has 0 saturated heterocycles. The lowest BCUT2D eigenvalue weighted by molar-refractivity contribution is 0.0198. The number of phenols is 2. The van der Waals surface area contributed by atoms with E-state index in [0.717, 1.165) is 11.3 Å². The summed E-state index contributed by atoms with van der Waals surface area (Å²) in [6.07, 6.45) is -1.07. The number of rotatable bonds is 2. The van der Waals surface area contributed by atoms with E-state index in [-0.39, 0.29) is 17.9 Å². The Kier molecular flexibility index (Phi) is 3.35. The van der Waals surface area contributed by atoms with Gasteiger partial charge in [0.25, 0.3) is 0 Å². The van der Waals surface area contributed by atoms with Gasteiger partial charge in [0.1, 0.15) is 29.1 Å². The molecule has 5 heteroatoms. The molecule has 0 bridgehead atoms. The van der Waals surface area contributed by atoms with Crippen molar-refractivity contribution in [1.82, 2.24) is 0 Å². The monoisotopic (exact) mass is 288 g/mol. The number of aliphatic hydroxyl groups excluding tert-OH is 1. The molecule has 1 aliphatic rings. The molecule has 0 aromatic heterocycles. The van der Waals surface area contributed by atoms with Crippen LogP contribution in [0.4, 0.5) is 0 Å². The van der Waals surface area contributed by atoms with Crippen LogP contribution in [-0.2, 0) is 6.42 Å². The Morgan fingerprint density at radius 1 is 1.14 bits per heavy atom. The van der Waals surface area contributed by atoms with Gasteiger partial charge in [0.15, 0.2) is 0 Å². The molecule has 5 nitrogen and oxygen atoms in total. The molecule has 0 radical (unpaired) electrons. The average molecular weight is 288 g/mol. The zero-order valence-corrected chi connectivity index (χ0v) is 11.5. The number of phenolic OH excluding ortho intramolecular Hbond substituents is 2. The van der Waals surface area contributed by atoms with Crippen molar-refractivity contribution in [3.05, 3.63) is 47.5 Å². The lowest BCUT2D eigenvalue weighted by Crippen LogP contribution is -2.30. The second-order valence-corrected chi connectivity index (χ2v) is 5.02. The van der Waals surface area contributed by atoms with E-state index in [0.29, 0.717) is 11.3 Å². The highest BCUT2D eigenvalue weighted by atomic mass is 16.5. The van der Waals surface area contributed by atoms with E-state index >= 15 is 0 Å². The van der Waals surface area contributed by atoms with Crippen LogP contribution in [-0.4, -0.2) is 28.5 Å². The van der Waals surface area contributed by atoms with Crippen LogP contribution < -0.4 is 9.47 Å². The first kappa shape index (κ1) is 13.6. The van der Waals surface area contributed by atoms with E-state index in [4.69, 9.17) is 9.47 Å². The number of hydrogen-bond acceptors (Lipinski definition) is 5. The zero-order chi connectivity index (χ0) is 15.0. The molecule has 2 aromatic rings. The van der Waals surface area contributed by atoms with Crippen molar-refractivity contribution < 1.29 is 24.8 Å². The summed E-state index contributed by atoms with van der Waals surface area (Å²) in [6, 6.07) is 9.91. The van der Waals surface area contributed by atoms with Crippen LogP contribution in [0, 0.1) is 0 Å². The quantitative estimate of drug-likeness (QED) is 0.789. The van der Waals surface area contributed by atoms with Gasteiger partial charge in [-0.2, -0.15) is 0 Å². The molecule has 0 saturated carbocycles. The molecule has 0 aliphatic carbocycles. The number of fused-ring (bicyclic) bond motifs is 1. The molecule has 21 heavy (non-hydrogen) atoms. The second-order valence-electron chi connectivity index (χ2n) is 5.02. The number of aromatic hydroxyl groups is 2. The molecule has 0 spiro atoms. The summed E-state index contributed by atoms with van der Waals surface area (Å²) in [7, 11) is 1.59. The van der Waals surface area contributed by atoms with Crippen LogP contribution in [0.15, 0.2) is 36.4 Å². The summed E-state index contributed by atoms with van der Waals surface area (Å²) < 4.78 is 10.9. The van der Waals surface area contributed by atoms with Gasteiger partial charge in [0, 0.05) is 24.1 Å². The molecule has 2 unspecified atom stereocenters. The van der Waals surface area contributed by atoms with E-state index in [9.17, 15) is 15.3 Å². The Morgan fingerprint density at radius 2 is 1.86 bits per heavy atom. The highest BCUT2D eigenvalue weighted by molar-refractivity contribution is 5.51. The third-order valence-electron chi connectivity index (χ3n) is 3.63. The summed E-state index contributed by atoms with van der Waals surface area (Å²) >= 11 is 0. The van der Waals surface area contributed by atoms with Crippen LogP contribution in [0.2, 0.25) is 0 Å². The van der Waals surface area contributed by atoms with Crippen molar-refractivity contribution in [3.63, 3.8) is 0 Å². The minimum absolute atomic E-state index is 0.0720. The maximum Gasteiger partial charge on any atom is 0.150 e. The van der Waals surface area contributed by atoms with Crippen molar-refractivity contribution in [3.8, 4) is 23.0 Å². The van der Waals surface area contributed by atoms with Gasteiger partial charge >= 0.3 is 0 Å². The van der Waals surface area contributed by atoms with Gasteiger partial charge in [-0.15, -0.1) is 0 Å². The van der Waals surface area contributed by atoms with Gasteiger partial charge in [-0.1, -0.05) is 12.1 Å². The Bertz CT molecular complexity index is 650. The fourth-order valence-electron chi connectivity index (χ4n) is 2.54. The van der Waals surface area contributed by atoms with Crippen molar-refractivity contribution >= 4 is 0 Å². The molecular weight excluding hydrogens is 272 g/mol. The van der Waals surface area contributed by atoms with E-state index < -0.39 is 12.2 Å². The molecule has 1 aliphatic heterocycles. The van der Waals surface area contributed by atoms with Gasteiger partial charge in [0.05, 0.1) is 13.2 Å². The number of benzene rings is 2. The molecule has 0 amide bonds. The van der Waals surface area contributed by atoms with Gasteiger partial charge in [-0.3, -0.25) is 0 Å². The number of aliphatic hydroxyl groups is 1. The first-order chi connectivity index (χ1) is 10.1. The van der Waals surface area contributed by atoms with Crippen molar-refractivity contribution in [2.24, 2.45) is 0 Å². The molecule has 1 heterocycles. The molecule has 0 fully saturated rings. The highest BCUT2D eigenvalue weighted by Crippen LogP contribution is 2.41. The smallest absolute Gasteiger partial charge is 0.150 e. The second kappa shape index (κ2) is 5.18. The van der Waals surface area contributed by atoms with Gasteiger partial charge in [-0.25, -0.2) is 0 Å². The number of hydrogen-bond donors (Lipinski definition) is 3. The van der Waals surface area contributed by atoms with E-state index in [2.05, 4.69) is 0 Å². The minimum atomic E-state index is -0.777. The fraction of sp³-hybridized carbons (Fsp3) is 0.250. The first-order valence-corrected chi connectivity index (χ1v) is 6.62. The van der Waals surface area contributed by atoms with Crippen LogP contribution >= 0.6 is 0 Å². The first-order valence-electron chi connectivity index (χ1n) is 6.62. The standard InChI is InChI=1S/C16H16O5/c1-20-11-4-2-9(3-5-11)16-14(19)8-12-13(18)6-10(17)7-15(12)21-16/h2-7,14,16-19H,8H2,1H3. The van der Waals surface area contributed by atoms with Crippen LogP contribution in [0.1, 0.15) is 17.2 Å². The van der Waals surface area contributed by atoms with E-state index in [1.165, 1.54) is 12.1 Å². The summed E-state index contributed by atoms with van der Waals surface area (Å²) in [5, 5.41) is 29.6. The molecule has 2 atom stereocenters. The number of methoxy groups -OCH3 is 1. The van der Waals surface area contributed by atoms with Gasteiger partial charge in [0.2, 0.25) is 0 Å². The maximum atomic E-state index is 10.3. The molecule has 2 aromatic carbocycles. The predicted octanol–water partition coefficient (Wildman–Crippen LogP) is 2.14. The zero-order valence-electron chi connectivity index (χ0n) is 11.5. The third-order valence-corrected chi connectivity index (χ3v) is 3.63. The summed E-state index contributed by atoms with van der Waals surface area (Å²) in [6.45, 7) is 0. The Labute approximate surface area is 122 Å². The lowest BCUT2D eigenvalue weighted by atomic mass is 9.94. The molecule has 110 valence electrons. The maximum absolute atomic E-state index is 10.3. The van der Waals surface area contributed by atoms with Gasteiger partial charge in [-0.05, 0) is 17.7 Å². The van der Waals surface area contributed by atoms with Crippen LogP contribution in [0.3, 0.4) is 0 Å². The lowest BCUT2D eigenvalue weighted by Gasteiger charge is -2.31. The summed E-state index contributed by atoms with van der Waals surface area (Å²) in [4.78, 5) is 0. The molecule has 3 N–H and O–H groups in total.